The minimum absolute atomic E-state index is 0.278. The molecule has 0 spiro atoms. The number of halogens is 2. The fraction of sp³-hybridized carbons (Fsp3) is 0.0714. The van der Waals surface area contributed by atoms with Crippen molar-refractivity contribution < 1.29 is 14.0 Å². The van der Waals surface area contributed by atoms with Crippen molar-refractivity contribution in [1.29, 1.82) is 0 Å². The van der Waals surface area contributed by atoms with Crippen LogP contribution in [0.4, 0.5) is 8.78 Å². The summed E-state index contributed by atoms with van der Waals surface area (Å²) in [4.78, 5) is 0. The number of hydrogen-bond acceptors (Lipinski definition) is 2. The number of benzene rings is 2. The van der Waals surface area contributed by atoms with E-state index in [1.165, 1.54) is 36.4 Å². The molecule has 0 amide bonds. The number of oxime groups is 1. The zero-order valence-corrected chi connectivity index (χ0v) is 9.48. The van der Waals surface area contributed by atoms with Crippen LogP contribution in [0.1, 0.15) is 11.1 Å². The third kappa shape index (κ3) is 2.91. The first-order valence-electron chi connectivity index (χ1n) is 5.40. The van der Waals surface area contributed by atoms with E-state index in [9.17, 15) is 8.78 Å². The van der Waals surface area contributed by atoms with Crippen molar-refractivity contribution in [2.75, 3.05) is 0 Å². The fourth-order valence-electron chi connectivity index (χ4n) is 1.68. The van der Waals surface area contributed by atoms with Crippen LogP contribution in [0.25, 0.3) is 0 Å². The average Bonchev–Trinajstić information content (AvgIpc) is 2.37. The van der Waals surface area contributed by atoms with E-state index < -0.39 is 0 Å². The van der Waals surface area contributed by atoms with Crippen LogP contribution in [0.5, 0.6) is 0 Å². The Hall–Kier alpha value is -2.23. The molecule has 0 heterocycles. The van der Waals surface area contributed by atoms with Gasteiger partial charge in [-0.05, 0) is 35.4 Å². The molecule has 0 bridgehead atoms. The standard InChI is InChI=1S/C14H11F2NO/c15-12-6-4-11(5-7-12)14(17-18)9-10-2-1-3-13(16)8-10/h1-8,18H,9H2/b17-14-. The molecule has 1 N–H and O–H groups in total. The van der Waals surface area contributed by atoms with E-state index in [0.29, 0.717) is 16.8 Å². The summed E-state index contributed by atoms with van der Waals surface area (Å²) >= 11 is 0. The molecule has 92 valence electrons. The average molecular weight is 247 g/mol. The van der Waals surface area contributed by atoms with Gasteiger partial charge in [-0.2, -0.15) is 0 Å². The van der Waals surface area contributed by atoms with Gasteiger partial charge in [0.25, 0.3) is 0 Å². The lowest BCUT2D eigenvalue weighted by Gasteiger charge is -2.05. The van der Waals surface area contributed by atoms with E-state index in [4.69, 9.17) is 5.21 Å². The molecule has 0 aliphatic carbocycles. The van der Waals surface area contributed by atoms with Crippen molar-refractivity contribution in [3.8, 4) is 0 Å². The van der Waals surface area contributed by atoms with Crippen LogP contribution in [-0.2, 0) is 6.42 Å². The summed E-state index contributed by atoms with van der Waals surface area (Å²) in [7, 11) is 0. The SMILES string of the molecule is O/N=C(/Cc1cccc(F)c1)c1ccc(F)cc1. The van der Waals surface area contributed by atoms with Crippen LogP contribution in [0, 0.1) is 11.6 Å². The molecule has 18 heavy (non-hydrogen) atoms. The maximum absolute atomic E-state index is 13.0. The van der Waals surface area contributed by atoms with Crippen molar-refractivity contribution in [2.24, 2.45) is 5.16 Å². The molecule has 0 radical (unpaired) electrons. The molecule has 0 aromatic heterocycles. The molecule has 0 saturated carbocycles. The highest BCUT2D eigenvalue weighted by Gasteiger charge is 2.06. The Morgan fingerprint density at radius 1 is 1.00 bits per heavy atom. The van der Waals surface area contributed by atoms with Crippen LogP contribution in [0.2, 0.25) is 0 Å². The summed E-state index contributed by atoms with van der Waals surface area (Å²) in [5.41, 5.74) is 1.65. The second-order valence-corrected chi connectivity index (χ2v) is 3.86. The normalized spacial score (nSPS) is 11.6. The molecule has 0 saturated heterocycles. The van der Waals surface area contributed by atoms with Crippen molar-refractivity contribution >= 4 is 5.71 Å². The molecule has 0 fully saturated rings. The van der Waals surface area contributed by atoms with Crippen molar-refractivity contribution in [3.05, 3.63) is 71.3 Å². The predicted octanol–water partition coefficient (Wildman–Crippen LogP) is 3.39. The molecule has 2 aromatic carbocycles. The maximum Gasteiger partial charge on any atom is 0.123 e. The van der Waals surface area contributed by atoms with Crippen molar-refractivity contribution in [3.63, 3.8) is 0 Å². The number of hydrogen-bond donors (Lipinski definition) is 1. The number of nitrogens with zero attached hydrogens (tertiary/aromatic N) is 1. The smallest absolute Gasteiger partial charge is 0.123 e. The van der Waals surface area contributed by atoms with Crippen molar-refractivity contribution in [1.82, 2.24) is 0 Å². The van der Waals surface area contributed by atoms with Gasteiger partial charge in [-0.25, -0.2) is 8.78 Å². The molecule has 0 aliphatic rings. The van der Waals surface area contributed by atoms with Gasteiger partial charge in [0.15, 0.2) is 0 Å². The van der Waals surface area contributed by atoms with Gasteiger partial charge < -0.3 is 5.21 Å². The van der Waals surface area contributed by atoms with E-state index in [2.05, 4.69) is 5.16 Å². The Morgan fingerprint density at radius 2 is 1.72 bits per heavy atom. The first-order chi connectivity index (χ1) is 8.69. The summed E-state index contributed by atoms with van der Waals surface area (Å²) in [6.07, 6.45) is 0.278. The lowest BCUT2D eigenvalue weighted by atomic mass is 10.0. The van der Waals surface area contributed by atoms with Crippen molar-refractivity contribution in [2.45, 2.75) is 6.42 Å². The highest BCUT2D eigenvalue weighted by Crippen LogP contribution is 2.11. The second kappa shape index (κ2) is 5.40. The van der Waals surface area contributed by atoms with E-state index in [-0.39, 0.29) is 18.1 Å². The molecular formula is C14H11F2NO. The lowest BCUT2D eigenvalue weighted by Crippen LogP contribution is -2.05. The van der Waals surface area contributed by atoms with Gasteiger partial charge >= 0.3 is 0 Å². The highest BCUT2D eigenvalue weighted by molar-refractivity contribution is 6.01. The Kier molecular flexibility index (Phi) is 3.67. The molecule has 0 unspecified atom stereocenters. The van der Waals surface area contributed by atoms with Gasteiger partial charge in [-0.3, -0.25) is 0 Å². The first kappa shape index (κ1) is 12.2. The third-order valence-electron chi connectivity index (χ3n) is 2.56. The van der Waals surface area contributed by atoms with Gasteiger partial charge in [0, 0.05) is 6.42 Å². The van der Waals surface area contributed by atoms with E-state index in [1.807, 2.05) is 0 Å². The first-order valence-corrected chi connectivity index (χ1v) is 5.40. The molecule has 4 heteroatoms. The maximum atomic E-state index is 13.0. The summed E-state index contributed by atoms with van der Waals surface area (Å²) in [6.45, 7) is 0. The van der Waals surface area contributed by atoms with Crippen LogP contribution in [0.15, 0.2) is 53.7 Å². The molecule has 2 nitrogen and oxygen atoms in total. The van der Waals surface area contributed by atoms with Gasteiger partial charge in [-0.1, -0.05) is 29.4 Å². The Labute approximate surface area is 103 Å². The predicted molar refractivity (Wildman–Crippen MR) is 64.8 cm³/mol. The second-order valence-electron chi connectivity index (χ2n) is 3.86. The summed E-state index contributed by atoms with van der Waals surface area (Å²) < 4.78 is 25.8. The summed E-state index contributed by atoms with van der Waals surface area (Å²) in [5, 5.41) is 12.2. The topological polar surface area (TPSA) is 32.6 Å². The van der Waals surface area contributed by atoms with E-state index in [0.717, 1.165) is 0 Å². The van der Waals surface area contributed by atoms with Gasteiger partial charge in [0.05, 0.1) is 5.71 Å². The van der Waals surface area contributed by atoms with Gasteiger partial charge in [0.1, 0.15) is 11.6 Å². The Bertz CT molecular complexity index is 564. The van der Waals surface area contributed by atoms with Crippen LogP contribution in [0.3, 0.4) is 0 Å². The summed E-state index contributed by atoms with van der Waals surface area (Å²) in [6, 6.07) is 11.6. The minimum Gasteiger partial charge on any atom is -0.411 e. The fourth-order valence-corrected chi connectivity index (χ4v) is 1.68. The van der Waals surface area contributed by atoms with Crippen LogP contribution >= 0.6 is 0 Å². The Balaban J connectivity index is 2.23. The van der Waals surface area contributed by atoms with Crippen LogP contribution in [-0.4, -0.2) is 10.9 Å². The Morgan fingerprint density at radius 3 is 2.33 bits per heavy atom. The van der Waals surface area contributed by atoms with Gasteiger partial charge in [-0.15, -0.1) is 0 Å². The monoisotopic (exact) mass is 247 g/mol. The quantitative estimate of drug-likeness (QED) is 0.503. The van der Waals surface area contributed by atoms with E-state index >= 15 is 0 Å². The largest absolute Gasteiger partial charge is 0.411 e. The highest BCUT2D eigenvalue weighted by atomic mass is 19.1. The van der Waals surface area contributed by atoms with Gasteiger partial charge in [0.2, 0.25) is 0 Å². The summed E-state index contributed by atoms with van der Waals surface area (Å²) in [5.74, 6) is -0.703. The van der Waals surface area contributed by atoms with Crippen LogP contribution < -0.4 is 0 Å². The molecule has 0 aliphatic heterocycles. The third-order valence-corrected chi connectivity index (χ3v) is 2.56. The molecule has 0 atom stereocenters. The lowest BCUT2D eigenvalue weighted by molar-refractivity contribution is 0.318. The molecular weight excluding hydrogens is 236 g/mol. The molecule has 2 aromatic rings. The number of rotatable bonds is 3. The minimum atomic E-state index is -0.359. The zero-order valence-electron chi connectivity index (χ0n) is 9.48. The molecule has 2 rings (SSSR count). The zero-order chi connectivity index (χ0) is 13.0. The van der Waals surface area contributed by atoms with E-state index in [1.54, 1.807) is 12.1 Å².